The average molecular weight is 304 g/mol. The van der Waals surface area contributed by atoms with E-state index in [1.807, 2.05) is 6.92 Å². The molecule has 1 fully saturated rings. The number of carbonyl (C=O) groups excluding carboxylic acids is 1. The van der Waals surface area contributed by atoms with Gasteiger partial charge < -0.3 is 14.4 Å². The van der Waals surface area contributed by atoms with Crippen LogP contribution in [0.1, 0.15) is 30.1 Å². The molecule has 1 N–H and O–H groups in total. The second kappa shape index (κ2) is 5.88. The highest BCUT2D eigenvalue weighted by atomic mass is 35.5. The molecule has 0 spiro atoms. The molecule has 1 aromatic rings. The molecule has 1 amide bonds. The van der Waals surface area contributed by atoms with E-state index in [-0.39, 0.29) is 22.1 Å². The standard InChI is InChI=1S/C12H14ClNO4S/c1-2-3-9-14(8(6-19-9)12(16)17)11(15)7-4-5-18-10(7)13/h4-5,8-9H,2-3,6H2,1H3,(H,16,17). The molecule has 0 aromatic carbocycles. The number of carboxylic acids is 1. The molecular formula is C12H14ClNO4S. The van der Waals surface area contributed by atoms with Crippen LogP contribution < -0.4 is 0 Å². The number of carbonyl (C=O) groups is 2. The molecule has 2 atom stereocenters. The van der Waals surface area contributed by atoms with Crippen molar-refractivity contribution in [1.29, 1.82) is 0 Å². The van der Waals surface area contributed by atoms with E-state index < -0.39 is 12.0 Å². The highest BCUT2D eigenvalue weighted by molar-refractivity contribution is 8.00. The minimum atomic E-state index is -0.987. The van der Waals surface area contributed by atoms with Gasteiger partial charge in [0.05, 0.1) is 17.2 Å². The lowest BCUT2D eigenvalue weighted by atomic mass is 10.2. The Bertz CT molecular complexity index is 490. The summed E-state index contributed by atoms with van der Waals surface area (Å²) in [5.74, 6) is -0.963. The van der Waals surface area contributed by atoms with Crippen molar-refractivity contribution in [1.82, 2.24) is 4.90 Å². The predicted molar refractivity (Wildman–Crippen MR) is 72.5 cm³/mol. The molecule has 1 saturated heterocycles. The molecule has 2 heterocycles. The van der Waals surface area contributed by atoms with Crippen molar-refractivity contribution >= 4 is 35.2 Å². The number of thioether (sulfide) groups is 1. The first-order chi connectivity index (χ1) is 9.06. The number of hydrogen-bond donors (Lipinski definition) is 1. The maximum absolute atomic E-state index is 12.4. The highest BCUT2D eigenvalue weighted by Gasteiger charge is 2.42. The molecule has 0 saturated carbocycles. The van der Waals surface area contributed by atoms with Gasteiger partial charge in [-0.2, -0.15) is 0 Å². The zero-order valence-electron chi connectivity index (χ0n) is 10.3. The Labute approximate surface area is 119 Å². The molecule has 0 radical (unpaired) electrons. The monoisotopic (exact) mass is 303 g/mol. The average Bonchev–Trinajstić information content (AvgIpc) is 2.95. The second-order valence-electron chi connectivity index (χ2n) is 4.25. The van der Waals surface area contributed by atoms with Crippen molar-refractivity contribution in [3.05, 3.63) is 23.1 Å². The highest BCUT2D eigenvalue weighted by Crippen LogP contribution is 2.34. The van der Waals surface area contributed by atoms with E-state index in [9.17, 15) is 14.7 Å². The second-order valence-corrected chi connectivity index (χ2v) is 5.81. The van der Waals surface area contributed by atoms with Crippen molar-refractivity contribution in [2.75, 3.05) is 5.75 Å². The van der Waals surface area contributed by atoms with E-state index in [1.54, 1.807) is 0 Å². The van der Waals surface area contributed by atoms with Gasteiger partial charge >= 0.3 is 5.97 Å². The van der Waals surface area contributed by atoms with Gasteiger partial charge in [-0.25, -0.2) is 4.79 Å². The number of hydrogen-bond acceptors (Lipinski definition) is 4. The summed E-state index contributed by atoms with van der Waals surface area (Å²) >= 11 is 7.29. The van der Waals surface area contributed by atoms with Gasteiger partial charge in [0, 0.05) is 5.75 Å². The molecule has 1 aliphatic heterocycles. The SMILES string of the molecule is CCCC1SCC(C(=O)O)N1C(=O)c1ccoc1Cl. The Balaban J connectivity index is 2.28. The van der Waals surface area contributed by atoms with E-state index in [0.29, 0.717) is 5.75 Å². The Morgan fingerprint density at radius 2 is 2.37 bits per heavy atom. The summed E-state index contributed by atoms with van der Waals surface area (Å²) in [4.78, 5) is 25.1. The summed E-state index contributed by atoms with van der Waals surface area (Å²) in [6.07, 6.45) is 2.96. The van der Waals surface area contributed by atoms with E-state index in [0.717, 1.165) is 12.8 Å². The van der Waals surface area contributed by atoms with Crippen LogP contribution in [-0.4, -0.2) is 39.1 Å². The number of halogens is 1. The first-order valence-corrected chi connectivity index (χ1v) is 7.39. The summed E-state index contributed by atoms with van der Waals surface area (Å²) in [5, 5.41) is 9.10. The third kappa shape index (κ3) is 2.74. The Kier molecular flexibility index (Phi) is 4.42. The lowest BCUT2D eigenvalue weighted by Gasteiger charge is -2.26. The van der Waals surface area contributed by atoms with Gasteiger partial charge in [0.15, 0.2) is 0 Å². The summed E-state index contributed by atoms with van der Waals surface area (Å²) in [6, 6.07) is 0.662. The van der Waals surface area contributed by atoms with Crippen molar-refractivity contribution in [3.8, 4) is 0 Å². The molecule has 2 unspecified atom stereocenters. The maximum atomic E-state index is 12.4. The van der Waals surface area contributed by atoms with Crippen LogP contribution in [0.25, 0.3) is 0 Å². The molecular weight excluding hydrogens is 290 g/mol. The third-order valence-electron chi connectivity index (χ3n) is 3.00. The molecule has 5 nitrogen and oxygen atoms in total. The number of nitrogens with zero attached hydrogens (tertiary/aromatic N) is 1. The number of amides is 1. The maximum Gasteiger partial charge on any atom is 0.327 e. The van der Waals surface area contributed by atoms with Gasteiger partial charge in [-0.3, -0.25) is 4.79 Å². The Morgan fingerprint density at radius 3 is 2.89 bits per heavy atom. The quantitative estimate of drug-likeness (QED) is 0.926. The van der Waals surface area contributed by atoms with Gasteiger partial charge in [-0.15, -0.1) is 11.8 Å². The largest absolute Gasteiger partial charge is 0.480 e. The van der Waals surface area contributed by atoms with Crippen LogP contribution in [0.4, 0.5) is 0 Å². The minimum Gasteiger partial charge on any atom is -0.480 e. The van der Waals surface area contributed by atoms with Gasteiger partial charge in [-0.1, -0.05) is 13.3 Å². The van der Waals surface area contributed by atoms with Gasteiger partial charge in [-0.05, 0) is 24.1 Å². The number of rotatable bonds is 4. The van der Waals surface area contributed by atoms with Crippen LogP contribution in [-0.2, 0) is 4.79 Å². The van der Waals surface area contributed by atoms with Crippen LogP contribution in [0.15, 0.2) is 16.7 Å². The summed E-state index contributed by atoms with van der Waals surface area (Å²) in [7, 11) is 0. The molecule has 19 heavy (non-hydrogen) atoms. The van der Waals surface area contributed by atoms with Crippen LogP contribution in [0.2, 0.25) is 5.22 Å². The summed E-state index contributed by atoms with van der Waals surface area (Å²) in [5.41, 5.74) is 0.219. The Hall–Kier alpha value is -1.14. The van der Waals surface area contributed by atoms with Gasteiger partial charge in [0.25, 0.3) is 5.91 Å². The molecule has 1 aromatic heterocycles. The number of carboxylic acid groups (broad SMARTS) is 1. The minimum absolute atomic E-state index is 0.00119. The fourth-order valence-electron chi connectivity index (χ4n) is 2.08. The molecule has 0 aliphatic carbocycles. The summed E-state index contributed by atoms with van der Waals surface area (Å²) in [6.45, 7) is 2.00. The van der Waals surface area contributed by atoms with Gasteiger partial charge in [0.1, 0.15) is 6.04 Å². The molecule has 7 heteroatoms. The molecule has 0 bridgehead atoms. The normalized spacial score (nSPS) is 22.7. The molecule has 104 valence electrons. The van der Waals surface area contributed by atoms with E-state index in [4.69, 9.17) is 16.0 Å². The van der Waals surface area contributed by atoms with E-state index in [2.05, 4.69) is 0 Å². The summed E-state index contributed by atoms with van der Waals surface area (Å²) < 4.78 is 4.90. The van der Waals surface area contributed by atoms with Crippen molar-refractivity contribution in [2.45, 2.75) is 31.2 Å². The third-order valence-corrected chi connectivity index (χ3v) is 4.64. The first-order valence-electron chi connectivity index (χ1n) is 5.96. The Morgan fingerprint density at radius 1 is 1.63 bits per heavy atom. The lowest BCUT2D eigenvalue weighted by Crippen LogP contribution is -2.45. The topological polar surface area (TPSA) is 70.8 Å². The predicted octanol–water partition coefficient (Wildman–Crippen LogP) is 2.70. The van der Waals surface area contributed by atoms with Crippen LogP contribution >= 0.6 is 23.4 Å². The fourth-order valence-corrected chi connectivity index (χ4v) is 3.79. The first kappa shape index (κ1) is 14.3. The van der Waals surface area contributed by atoms with E-state index in [1.165, 1.54) is 29.0 Å². The zero-order chi connectivity index (χ0) is 14.0. The van der Waals surface area contributed by atoms with Gasteiger partial charge in [0.2, 0.25) is 5.22 Å². The van der Waals surface area contributed by atoms with Crippen molar-refractivity contribution in [3.63, 3.8) is 0 Å². The molecule has 2 rings (SSSR count). The fraction of sp³-hybridized carbons (Fsp3) is 0.500. The smallest absolute Gasteiger partial charge is 0.327 e. The molecule has 1 aliphatic rings. The van der Waals surface area contributed by atoms with Crippen LogP contribution in [0.3, 0.4) is 0 Å². The van der Waals surface area contributed by atoms with Crippen molar-refractivity contribution in [2.24, 2.45) is 0 Å². The van der Waals surface area contributed by atoms with Crippen molar-refractivity contribution < 1.29 is 19.1 Å². The van der Waals surface area contributed by atoms with Crippen LogP contribution in [0, 0.1) is 0 Å². The lowest BCUT2D eigenvalue weighted by molar-refractivity contribution is -0.141. The number of furan rings is 1. The van der Waals surface area contributed by atoms with E-state index >= 15 is 0 Å². The van der Waals surface area contributed by atoms with Crippen LogP contribution in [0.5, 0.6) is 0 Å². The number of aliphatic carboxylic acids is 1. The zero-order valence-corrected chi connectivity index (χ0v) is 11.9.